The third-order valence-corrected chi connectivity index (χ3v) is 1.45. The largest absolute Gasteiger partial charge is 0.491 e. The molecule has 0 aromatic carbocycles. The van der Waals surface area contributed by atoms with Gasteiger partial charge in [0.1, 0.15) is 12.0 Å². The van der Waals surface area contributed by atoms with Crippen LogP contribution < -0.4 is 4.74 Å². The first kappa shape index (κ1) is 9.71. The van der Waals surface area contributed by atoms with Gasteiger partial charge >= 0.3 is 0 Å². The second kappa shape index (κ2) is 4.60. The summed E-state index contributed by atoms with van der Waals surface area (Å²) in [6, 6.07) is 3.57. The predicted octanol–water partition coefficient (Wildman–Crippen LogP) is 1.61. The van der Waals surface area contributed by atoms with Gasteiger partial charge in [0.05, 0.1) is 11.8 Å². The Balaban J connectivity index is 2.72. The highest BCUT2D eigenvalue weighted by atomic mass is 16.5. The molecule has 0 spiro atoms. The van der Waals surface area contributed by atoms with Gasteiger partial charge in [0.15, 0.2) is 0 Å². The highest BCUT2D eigenvalue weighted by Gasteiger charge is 1.99. The van der Waals surface area contributed by atoms with E-state index >= 15 is 0 Å². The number of pyridine rings is 1. The van der Waals surface area contributed by atoms with Crippen molar-refractivity contribution < 1.29 is 9.53 Å². The van der Waals surface area contributed by atoms with Gasteiger partial charge in [-0.3, -0.25) is 4.98 Å². The molecule has 0 radical (unpaired) electrons. The summed E-state index contributed by atoms with van der Waals surface area (Å²) in [5, 5.41) is 0. The number of ether oxygens (including phenoxy) is 1. The summed E-state index contributed by atoms with van der Waals surface area (Å²) < 4.78 is 5.45. The van der Waals surface area contributed by atoms with Gasteiger partial charge in [0.2, 0.25) is 0 Å². The second-order valence-electron chi connectivity index (χ2n) is 3.02. The quantitative estimate of drug-likeness (QED) is 0.659. The molecule has 3 nitrogen and oxygen atoms in total. The van der Waals surface area contributed by atoms with Crippen molar-refractivity contribution in [3.05, 3.63) is 24.0 Å². The summed E-state index contributed by atoms with van der Waals surface area (Å²) in [4.78, 5) is 14.3. The zero-order valence-corrected chi connectivity index (χ0v) is 7.86. The second-order valence-corrected chi connectivity index (χ2v) is 3.02. The molecule has 1 heterocycles. The number of hydrogen-bond acceptors (Lipinski definition) is 3. The molecule has 1 aromatic rings. The van der Waals surface area contributed by atoms with Crippen LogP contribution >= 0.6 is 0 Å². The minimum atomic E-state index is 0.145. The topological polar surface area (TPSA) is 39.2 Å². The molecule has 0 saturated carbocycles. The summed E-state index contributed by atoms with van der Waals surface area (Å²) in [5.74, 6) is 0.766. The van der Waals surface area contributed by atoms with E-state index in [1.54, 1.807) is 18.3 Å². The van der Waals surface area contributed by atoms with Gasteiger partial charge in [0.25, 0.3) is 0 Å². The molecule has 0 bridgehead atoms. The lowest BCUT2D eigenvalue weighted by Gasteiger charge is -2.09. The highest BCUT2D eigenvalue weighted by molar-refractivity contribution is 5.53. The summed E-state index contributed by atoms with van der Waals surface area (Å²) >= 11 is 0. The van der Waals surface area contributed by atoms with Crippen LogP contribution in [0.4, 0.5) is 0 Å². The summed E-state index contributed by atoms with van der Waals surface area (Å²) in [6.07, 6.45) is 2.97. The van der Waals surface area contributed by atoms with Crippen LogP contribution in [0.25, 0.3) is 0 Å². The van der Waals surface area contributed by atoms with E-state index in [4.69, 9.17) is 4.74 Å². The molecule has 0 unspecified atom stereocenters. The summed E-state index contributed by atoms with van der Waals surface area (Å²) in [7, 11) is 0. The predicted molar refractivity (Wildman–Crippen MR) is 49.8 cm³/mol. The van der Waals surface area contributed by atoms with Gasteiger partial charge in [-0.05, 0) is 19.9 Å². The van der Waals surface area contributed by atoms with Gasteiger partial charge in [0, 0.05) is 18.7 Å². The molecule has 0 N–H and O–H groups in total. The van der Waals surface area contributed by atoms with Gasteiger partial charge in [-0.1, -0.05) is 0 Å². The van der Waals surface area contributed by atoms with Gasteiger partial charge in [-0.2, -0.15) is 0 Å². The third-order valence-electron chi connectivity index (χ3n) is 1.45. The molecule has 0 aliphatic carbocycles. The Morgan fingerprint density at radius 3 is 3.00 bits per heavy atom. The molecular weight excluding hydrogens is 166 g/mol. The number of rotatable bonds is 4. The van der Waals surface area contributed by atoms with Crippen molar-refractivity contribution >= 4 is 6.29 Å². The normalized spacial score (nSPS) is 10.1. The van der Waals surface area contributed by atoms with E-state index in [9.17, 15) is 4.79 Å². The number of hydrogen-bond donors (Lipinski definition) is 0. The standard InChI is InChI=1S/C10H13NO2/c1-8(2)13-10-3-5-11-9(7-10)4-6-12/h3,5-8H,4H2,1-2H3. The van der Waals surface area contributed by atoms with Crippen molar-refractivity contribution in [1.29, 1.82) is 0 Å². The fraction of sp³-hybridized carbons (Fsp3) is 0.400. The number of carbonyl (C=O) groups excluding carboxylic acids is 1. The molecular formula is C10H13NO2. The van der Waals surface area contributed by atoms with Crippen LogP contribution in [0.3, 0.4) is 0 Å². The maximum Gasteiger partial charge on any atom is 0.125 e. The lowest BCUT2D eigenvalue weighted by molar-refractivity contribution is -0.107. The van der Waals surface area contributed by atoms with Crippen LogP contribution in [-0.2, 0) is 11.2 Å². The fourth-order valence-electron chi connectivity index (χ4n) is 0.999. The Labute approximate surface area is 77.8 Å². The molecule has 1 rings (SSSR count). The molecule has 13 heavy (non-hydrogen) atoms. The maximum absolute atomic E-state index is 10.2. The summed E-state index contributed by atoms with van der Waals surface area (Å²) in [6.45, 7) is 3.92. The Morgan fingerprint density at radius 2 is 2.38 bits per heavy atom. The zero-order valence-electron chi connectivity index (χ0n) is 7.86. The average Bonchev–Trinajstić information content (AvgIpc) is 2.04. The fourth-order valence-corrected chi connectivity index (χ4v) is 0.999. The Bertz CT molecular complexity index is 284. The Hall–Kier alpha value is -1.38. The molecule has 0 fully saturated rings. The molecule has 0 atom stereocenters. The molecule has 0 aliphatic heterocycles. The minimum Gasteiger partial charge on any atom is -0.491 e. The van der Waals surface area contributed by atoms with Crippen LogP contribution in [0.5, 0.6) is 5.75 Å². The molecule has 3 heteroatoms. The molecule has 0 amide bonds. The van der Waals surface area contributed by atoms with E-state index < -0.39 is 0 Å². The van der Waals surface area contributed by atoms with Gasteiger partial charge < -0.3 is 9.53 Å². The third kappa shape index (κ3) is 3.23. The number of aromatic nitrogens is 1. The SMILES string of the molecule is CC(C)Oc1ccnc(CC=O)c1. The van der Waals surface area contributed by atoms with Crippen LogP contribution in [0.15, 0.2) is 18.3 Å². The first-order valence-electron chi connectivity index (χ1n) is 4.27. The maximum atomic E-state index is 10.2. The van der Waals surface area contributed by atoms with Crippen LogP contribution in [0, 0.1) is 0 Å². The number of nitrogens with zero attached hydrogens (tertiary/aromatic N) is 1. The highest BCUT2D eigenvalue weighted by Crippen LogP contribution is 2.12. The Morgan fingerprint density at radius 1 is 1.62 bits per heavy atom. The molecule has 1 aromatic heterocycles. The summed E-state index contributed by atoms with van der Waals surface area (Å²) in [5.41, 5.74) is 0.744. The molecule has 0 aliphatic rings. The van der Waals surface area contributed by atoms with Crippen LogP contribution in [0.2, 0.25) is 0 Å². The zero-order chi connectivity index (χ0) is 9.68. The lowest BCUT2D eigenvalue weighted by atomic mass is 10.3. The van der Waals surface area contributed by atoms with Crippen molar-refractivity contribution in [2.75, 3.05) is 0 Å². The van der Waals surface area contributed by atoms with E-state index in [-0.39, 0.29) is 6.10 Å². The minimum absolute atomic E-state index is 0.145. The van der Waals surface area contributed by atoms with Gasteiger partial charge in [-0.25, -0.2) is 0 Å². The Kier molecular flexibility index (Phi) is 3.43. The van der Waals surface area contributed by atoms with Crippen LogP contribution in [0.1, 0.15) is 19.5 Å². The van der Waals surface area contributed by atoms with Crippen molar-refractivity contribution in [2.24, 2.45) is 0 Å². The first-order chi connectivity index (χ1) is 6.22. The molecule has 0 saturated heterocycles. The van der Waals surface area contributed by atoms with Crippen molar-refractivity contribution in [3.63, 3.8) is 0 Å². The van der Waals surface area contributed by atoms with Crippen molar-refractivity contribution in [3.8, 4) is 5.75 Å². The van der Waals surface area contributed by atoms with Crippen molar-refractivity contribution in [1.82, 2.24) is 4.98 Å². The first-order valence-corrected chi connectivity index (χ1v) is 4.27. The van der Waals surface area contributed by atoms with E-state index in [1.165, 1.54) is 0 Å². The van der Waals surface area contributed by atoms with E-state index in [1.807, 2.05) is 13.8 Å². The number of carbonyl (C=O) groups is 1. The van der Waals surface area contributed by atoms with E-state index in [2.05, 4.69) is 4.98 Å². The number of aldehydes is 1. The van der Waals surface area contributed by atoms with E-state index in [0.717, 1.165) is 17.7 Å². The van der Waals surface area contributed by atoms with Crippen molar-refractivity contribution in [2.45, 2.75) is 26.4 Å². The van der Waals surface area contributed by atoms with E-state index in [0.29, 0.717) is 6.42 Å². The monoisotopic (exact) mass is 179 g/mol. The van der Waals surface area contributed by atoms with Gasteiger partial charge in [-0.15, -0.1) is 0 Å². The smallest absolute Gasteiger partial charge is 0.125 e. The van der Waals surface area contributed by atoms with Crippen LogP contribution in [-0.4, -0.2) is 17.4 Å². The average molecular weight is 179 g/mol. The lowest BCUT2D eigenvalue weighted by Crippen LogP contribution is -2.06. The molecule has 70 valence electrons.